The number of nitrogens with one attached hydrogen (secondary N) is 1. The van der Waals surface area contributed by atoms with Crippen LogP contribution in [0.25, 0.3) is 0 Å². The van der Waals surface area contributed by atoms with E-state index in [0.717, 1.165) is 31.1 Å². The van der Waals surface area contributed by atoms with Gasteiger partial charge in [0.15, 0.2) is 0 Å². The molecule has 1 N–H and O–H groups in total. The van der Waals surface area contributed by atoms with E-state index in [1.807, 2.05) is 42.1 Å². The van der Waals surface area contributed by atoms with Crippen LogP contribution in [0, 0.1) is 0 Å². The second-order valence-corrected chi connectivity index (χ2v) is 7.01. The number of carbonyl (C=O) groups is 1. The molecule has 0 aliphatic carbocycles. The number of carbonyl (C=O) groups excluding carboxylic acids is 1. The zero-order chi connectivity index (χ0) is 16.6. The van der Waals surface area contributed by atoms with Crippen LogP contribution in [0.5, 0.6) is 0 Å². The Bertz CT molecular complexity index is 657. The van der Waals surface area contributed by atoms with Crippen LogP contribution in [0.2, 0.25) is 0 Å². The molecular formula is C19H23N3OS. The number of thioether (sulfide) groups is 1. The monoisotopic (exact) mass is 341 g/mol. The fourth-order valence-corrected chi connectivity index (χ4v) is 3.71. The molecule has 1 aromatic heterocycles. The summed E-state index contributed by atoms with van der Waals surface area (Å²) < 4.78 is 0. The first-order chi connectivity index (χ1) is 11.8. The third kappa shape index (κ3) is 4.51. The maximum Gasteiger partial charge on any atom is 0.255 e. The molecule has 2 heterocycles. The molecule has 0 saturated carbocycles. The van der Waals surface area contributed by atoms with Crippen molar-refractivity contribution in [2.45, 2.75) is 24.2 Å². The molecule has 1 saturated heterocycles. The maximum atomic E-state index is 12.5. The second kappa shape index (κ2) is 8.73. The molecule has 3 rings (SSSR count). The Morgan fingerprint density at radius 1 is 1.12 bits per heavy atom. The summed E-state index contributed by atoms with van der Waals surface area (Å²) >= 11 is 1.82. The van der Waals surface area contributed by atoms with Gasteiger partial charge in [-0.2, -0.15) is 0 Å². The van der Waals surface area contributed by atoms with Gasteiger partial charge in [-0.05, 0) is 49.3 Å². The van der Waals surface area contributed by atoms with Crippen molar-refractivity contribution in [3.63, 3.8) is 0 Å². The summed E-state index contributed by atoms with van der Waals surface area (Å²) in [5, 5.41) is 3.03. The molecular weight excluding hydrogens is 318 g/mol. The summed E-state index contributed by atoms with van der Waals surface area (Å²) in [6.45, 7) is 2.67. The minimum atomic E-state index is -0.0188. The molecule has 126 valence electrons. The highest BCUT2D eigenvalue weighted by atomic mass is 32.2. The normalized spacial score (nSPS) is 13.9. The van der Waals surface area contributed by atoms with Crippen molar-refractivity contribution in [2.24, 2.45) is 0 Å². The molecule has 1 fully saturated rings. The average molecular weight is 341 g/mol. The average Bonchev–Trinajstić information content (AvgIpc) is 3.17. The van der Waals surface area contributed by atoms with Gasteiger partial charge in [0.25, 0.3) is 5.91 Å². The van der Waals surface area contributed by atoms with Gasteiger partial charge >= 0.3 is 0 Å². The number of aromatic nitrogens is 1. The predicted octanol–water partition coefficient (Wildman–Crippen LogP) is 3.59. The topological polar surface area (TPSA) is 45.2 Å². The Hall–Kier alpha value is -2.01. The SMILES string of the molecule is O=C(NCCCSc1ccccc1)c1cccnc1N1CCCC1. The highest BCUT2D eigenvalue weighted by molar-refractivity contribution is 7.99. The molecule has 5 heteroatoms. The molecule has 1 aliphatic rings. The van der Waals surface area contributed by atoms with Crippen molar-refractivity contribution in [1.82, 2.24) is 10.3 Å². The molecule has 0 spiro atoms. The number of anilines is 1. The molecule has 1 aliphatic heterocycles. The molecule has 1 amide bonds. The Morgan fingerprint density at radius 3 is 2.71 bits per heavy atom. The van der Waals surface area contributed by atoms with E-state index in [-0.39, 0.29) is 5.91 Å². The fraction of sp³-hybridized carbons (Fsp3) is 0.368. The van der Waals surface area contributed by atoms with E-state index in [0.29, 0.717) is 12.1 Å². The summed E-state index contributed by atoms with van der Waals surface area (Å²) in [6.07, 6.45) is 5.06. The van der Waals surface area contributed by atoms with Crippen LogP contribution < -0.4 is 10.2 Å². The number of benzene rings is 1. The molecule has 24 heavy (non-hydrogen) atoms. The van der Waals surface area contributed by atoms with Gasteiger partial charge in [0, 0.05) is 30.7 Å². The number of amides is 1. The zero-order valence-corrected chi connectivity index (χ0v) is 14.6. The first-order valence-electron chi connectivity index (χ1n) is 8.50. The number of nitrogens with zero attached hydrogens (tertiary/aromatic N) is 2. The number of pyridine rings is 1. The Kier molecular flexibility index (Phi) is 6.13. The van der Waals surface area contributed by atoms with E-state index in [9.17, 15) is 4.79 Å². The smallest absolute Gasteiger partial charge is 0.255 e. The Labute approximate surface area is 147 Å². The highest BCUT2D eigenvalue weighted by Crippen LogP contribution is 2.22. The van der Waals surface area contributed by atoms with Crippen molar-refractivity contribution in [1.29, 1.82) is 0 Å². The number of rotatable bonds is 7. The molecule has 0 bridgehead atoms. The van der Waals surface area contributed by atoms with Gasteiger partial charge in [-0.25, -0.2) is 4.98 Å². The lowest BCUT2D eigenvalue weighted by Gasteiger charge is -2.19. The van der Waals surface area contributed by atoms with Crippen LogP contribution in [-0.2, 0) is 0 Å². The Morgan fingerprint density at radius 2 is 1.92 bits per heavy atom. The molecule has 0 atom stereocenters. The quantitative estimate of drug-likeness (QED) is 0.617. The second-order valence-electron chi connectivity index (χ2n) is 5.84. The van der Waals surface area contributed by atoms with Gasteiger partial charge in [-0.15, -0.1) is 11.8 Å². The summed E-state index contributed by atoms with van der Waals surface area (Å²) in [4.78, 5) is 20.4. The molecule has 2 aromatic rings. The van der Waals surface area contributed by atoms with Gasteiger partial charge < -0.3 is 10.2 Å². The minimum Gasteiger partial charge on any atom is -0.356 e. The van der Waals surface area contributed by atoms with Crippen LogP contribution in [0.3, 0.4) is 0 Å². The Balaban J connectivity index is 1.47. The van der Waals surface area contributed by atoms with E-state index in [1.165, 1.54) is 17.7 Å². The van der Waals surface area contributed by atoms with Crippen LogP contribution in [-0.4, -0.2) is 36.3 Å². The van der Waals surface area contributed by atoms with Gasteiger partial charge in [0.05, 0.1) is 5.56 Å². The summed E-state index contributed by atoms with van der Waals surface area (Å²) in [7, 11) is 0. The largest absolute Gasteiger partial charge is 0.356 e. The first kappa shape index (κ1) is 16.8. The standard InChI is InChI=1S/C19H23N3OS/c23-19(21-12-7-15-24-16-8-2-1-3-9-16)17-10-6-11-20-18(17)22-13-4-5-14-22/h1-3,6,8-11H,4-5,7,12-15H2,(H,21,23). The van der Waals surface area contributed by atoms with E-state index >= 15 is 0 Å². The van der Waals surface area contributed by atoms with E-state index in [4.69, 9.17) is 0 Å². The highest BCUT2D eigenvalue weighted by Gasteiger charge is 2.20. The van der Waals surface area contributed by atoms with Crippen molar-refractivity contribution in [3.05, 3.63) is 54.2 Å². The lowest BCUT2D eigenvalue weighted by atomic mass is 10.2. The van der Waals surface area contributed by atoms with E-state index in [2.05, 4.69) is 27.3 Å². The van der Waals surface area contributed by atoms with Crippen LogP contribution in [0.1, 0.15) is 29.6 Å². The van der Waals surface area contributed by atoms with E-state index in [1.54, 1.807) is 6.20 Å². The number of hydrogen-bond acceptors (Lipinski definition) is 4. The van der Waals surface area contributed by atoms with Gasteiger partial charge in [-0.3, -0.25) is 4.79 Å². The predicted molar refractivity (Wildman–Crippen MR) is 99.8 cm³/mol. The molecule has 4 nitrogen and oxygen atoms in total. The lowest BCUT2D eigenvalue weighted by molar-refractivity contribution is 0.0954. The van der Waals surface area contributed by atoms with Gasteiger partial charge in [0.2, 0.25) is 0 Å². The minimum absolute atomic E-state index is 0.0188. The lowest BCUT2D eigenvalue weighted by Crippen LogP contribution is -2.29. The fourth-order valence-electron chi connectivity index (χ4n) is 2.83. The van der Waals surface area contributed by atoms with Gasteiger partial charge in [0.1, 0.15) is 5.82 Å². The first-order valence-corrected chi connectivity index (χ1v) is 9.49. The molecule has 0 unspecified atom stereocenters. The molecule has 0 radical (unpaired) electrons. The van der Waals surface area contributed by atoms with Crippen molar-refractivity contribution in [3.8, 4) is 0 Å². The van der Waals surface area contributed by atoms with Crippen LogP contribution in [0.4, 0.5) is 5.82 Å². The maximum absolute atomic E-state index is 12.5. The van der Waals surface area contributed by atoms with Crippen molar-refractivity contribution in [2.75, 3.05) is 30.3 Å². The van der Waals surface area contributed by atoms with E-state index < -0.39 is 0 Å². The van der Waals surface area contributed by atoms with Gasteiger partial charge in [-0.1, -0.05) is 18.2 Å². The van der Waals surface area contributed by atoms with Crippen molar-refractivity contribution >= 4 is 23.5 Å². The summed E-state index contributed by atoms with van der Waals surface area (Å²) in [6, 6.07) is 14.0. The molecule has 1 aromatic carbocycles. The zero-order valence-electron chi connectivity index (χ0n) is 13.8. The van der Waals surface area contributed by atoms with Crippen molar-refractivity contribution < 1.29 is 4.79 Å². The summed E-state index contributed by atoms with van der Waals surface area (Å²) in [5.74, 6) is 1.80. The van der Waals surface area contributed by atoms with Crippen LogP contribution in [0.15, 0.2) is 53.6 Å². The van der Waals surface area contributed by atoms with Crippen LogP contribution >= 0.6 is 11.8 Å². The third-order valence-corrected chi connectivity index (χ3v) is 5.15. The third-order valence-electron chi connectivity index (χ3n) is 4.06. The summed E-state index contributed by atoms with van der Waals surface area (Å²) in [5.41, 5.74) is 0.690. The number of hydrogen-bond donors (Lipinski definition) is 1.